The molecule has 5 aromatic rings. The zero-order valence-electron chi connectivity index (χ0n) is 21.3. The lowest BCUT2D eigenvalue weighted by molar-refractivity contribution is 1.39. The van der Waals surface area contributed by atoms with Crippen molar-refractivity contribution in [3.05, 3.63) is 126 Å². The molecule has 0 atom stereocenters. The Morgan fingerprint density at radius 2 is 1.31 bits per heavy atom. The topological polar surface area (TPSA) is 15.8 Å². The molecule has 0 unspecified atom stereocenters. The first-order valence-corrected chi connectivity index (χ1v) is 12.1. The summed E-state index contributed by atoms with van der Waals surface area (Å²) in [6, 6.07) is 20.8. The third kappa shape index (κ3) is 4.75. The Morgan fingerprint density at radius 1 is 0.688 bits per heavy atom. The van der Waals surface area contributed by atoms with Crippen LogP contribution in [0.4, 0.5) is 0 Å². The summed E-state index contributed by atoms with van der Waals surface area (Å²) in [5.74, 6) is 0. The maximum atomic E-state index is 8.11. The van der Waals surface area contributed by atoms with Crippen LogP contribution < -0.4 is 0 Å². The van der Waals surface area contributed by atoms with Crippen molar-refractivity contribution in [1.29, 1.82) is 0 Å². The average Bonchev–Trinajstić information content (AvgIpc) is 3.70. The summed E-state index contributed by atoms with van der Waals surface area (Å²) >= 11 is 3.20. The van der Waals surface area contributed by atoms with Gasteiger partial charge in [-0.3, -0.25) is 0 Å². The van der Waals surface area contributed by atoms with Gasteiger partial charge in [-0.25, -0.2) is 0 Å². The number of hydrogen-bond donors (Lipinski definition) is 1. The number of benzene rings is 2. The maximum absolute atomic E-state index is 8.11. The van der Waals surface area contributed by atoms with Gasteiger partial charge in [-0.15, -0.1) is 22.7 Å². The Morgan fingerprint density at radius 3 is 1.88 bits per heavy atom. The molecule has 0 saturated heterocycles. The van der Waals surface area contributed by atoms with E-state index < -0.39 is 0 Å². The van der Waals surface area contributed by atoms with E-state index in [1.54, 1.807) is 46.9 Å². The van der Waals surface area contributed by atoms with Crippen molar-refractivity contribution in [2.24, 2.45) is 0 Å². The molecule has 2 aromatic carbocycles. The van der Waals surface area contributed by atoms with Gasteiger partial charge in [0.15, 0.2) is 0 Å². The lowest BCUT2D eigenvalue weighted by Crippen LogP contribution is -1.82. The van der Waals surface area contributed by atoms with E-state index in [0.717, 1.165) is 49.7 Å². The first-order chi connectivity index (χ1) is 17.5. The van der Waals surface area contributed by atoms with E-state index in [-0.39, 0.29) is 0 Å². The predicted octanol–water partition coefficient (Wildman–Crippen LogP) is 9.17. The summed E-state index contributed by atoms with van der Waals surface area (Å²) in [7, 11) is 0. The Balaban J connectivity index is 0.000000148. The van der Waals surface area contributed by atoms with Crippen molar-refractivity contribution in [1.82, 2.24) is 4.98 Å². The van der Waals surface area contributed by atoms with Crippen LogP contribution in [0.25, 0.3) is 37.7 Å². The molecule has 1 aliphatic carbocycles. The fourth-order valence-electron chi connectivity index (χ4n) is 3.40. The predicted molar refractivity (Wildman–Crippen MR) is 141 cm³/mol. The zero-order chi connectivity index (χ0) is 25.1. The van der Waals surface area contributed by atoms with Crippen LogP contribution in [0.15, 0.2) is 120 Å². The molecule has 0 spiro atoms. The monoisotopic (exact) mass is 453 g/mol. The molecule has 6 rings (SSSR count). The minimum atomic E-state index is 0.455. The van der Waals surface area contributed by atoms with Crippen molar-refractivity contribution in [3.8, 4) is 32.1 Å². The van der Waals surface area contributed by atoms with Crippen LogP contribution in [0.1, 0.15) is 17.5 Å². The van der Waals surface area contributed by atoms with Gasteiger partial charge in [-0.1, -0.05) is 78.8 Å². The highest BCUT2D eigenvalue weighted by Gasteiger charge is 2.04. The van der Waals surface area contributed by atoms with E-state index in [1.807, 2.05) is 65.5 Å². The van der Waals surface area contributed by atoms with Gasteiger partial charge in [-0.2, -0.15) is 0 Å². The van der Waals surface area contributed by atoms with E-state index in [4.69, 9.17) is 5.48 Å². The van der Waals surface area contributed by atoms with Gasteiger partial charge in [0.2, 0.25) is 0 Å². The molecule has 0 saturated carbocycles. The average molecular weight is 454 g/mol. The summed E-state index contributed by atoms with van der Waals surface area (Å²) in [6.45, 7) is 0. The van der Waals surface area contributed by atoms with Crippen LogP contribution in [0.2, 0.25) is 0 Å². The van der Waals surface area contributed by atoms with Crippen molar-refractivity contribution in [2.75, 3.05) is 0 Å². The molecule has 1 aliphatic rings. The number of aromatic amines is 1. The quantitative estimate of drug-likeness (QED) is 0.279. The standard InChI is InChI=1S/C15H13N.C14H10S2/c1-2-5-12(4-1)13-7-9-14(10-8-13)15-6-3-11-16-15;1-3-13(15-9-1)11-5-7-12(8-6-11)14-4-2-10-16-14/h1-4,6-11,16H,5H2;1-10H/i7D,10D;5D,8D. The van der Waals surface area contributed by atoms with Crippen LogP contribution in [0.5, 0.6) is 0 Å². The van der Waals surface area contributed by atoms with E-state index in [0.29, 0.717) is 24.2 Å². The second kappa shape index (κ2) is 9.82. The smallest absolute Gasteiger partial charge is 0.0630 e. The molecule has 0 aliphatic heterocycles. The van der Waals surface area contributed by atoms with Crippen molar-refractivity contribution in [3.63, 3.8) is 0 Å². The number of H-pyrrole nitrogens is 1. The number of aromatic nitrogens is 1. The highest BCUT2D eigenvalue weighted by atomic mass is 32.1. The fraction of sp³-hybridized carbons (Fsp3) is 0.0345. The summed E-state index contributed by atoms with van der Waals surface area (Å²) in [6.07, 6.45) is 8.76. The molecule has 3 heterocycles. The van der Waals surface area contributed by atoms with Crippen LogP contribution in [0.3, 0.4) is 0 Å². The van der Waals surface area contributed by atoms with E-state index in [9.17, 15) is 0 Å². The summed E-state index contributed by atoms with van der Waals surface area (Å²) in [4.78, 5) is 5.18. The van der Waals surface area contributed by atoms with Crippen LogP contribution in [-0.4, -0.2) is 4.98 Å². The molecule has 0 amide bonds. The lowest BCUT2D eigenvalue weighted by Gasteiger charge is -2.03. The van der Waals surface area contributed by atoms with Gasteiger partial charge in [-0.05, 0) is 69.3 Å². The maximum Gasteiger partial charge on any atom is 0.0630 e. The van der Waals surface area contributed by atoms with Crippen LogP contribution in [0, 0.1) is 0 Å². The Labute approximate surface area is 202 Å². The number of nitrogens with one attached hydrogen (secondary N) is 1. The minimum Gasteiger partial charge on any atom is -0.361 e. The summed E-state index contributed by atoms with van der Waals surface area (Å²) in [5, 5.41) is 3.98. The number of hydrogen-bond acceptors (Lipinski definition) is 2. The zero-order valence-corrected chi connectivity index (χ0v) is 18.9. The second-order valence-electron chi connectivity index (χ2n) is 7.17. The highest BCUT2D eigenvalue weighted by molar-refractivity contribution is 7.13. The first kappa shape index (κ1) is 16.3. The molecule has 1 N–H and O–H groups in total. The Hall–Kier alpha value is -3.40. The third-order valence-corrected chi connectivity index (χ3v) is 6.87. The first-order valence-electron chi connectivity index (χ1n) is 12.3. The third-order valence-electron chi connectivity index (χ3n) is 5.07. The SMILES string of the molecule is [2H]c1cc(-c2ccc[nH]2)c([2H])cc1C1=CC=CC1.[2H]c1cc(-c2cccs2)c([2H])cc1-c1cccs1. The van der Waals surface area contributed by atoms with E-state index in [1.165, 1.54) is 0 Å². The molecular formula is C29H23NS2. The normalized spacial score (nSPS) is 14.1. The molecule has 0 radical (unpaired) electrons. The second-order valence-corrected chi connectivity index (χ2v) is 9.07. The highest BCUT2D eigenvalue weighted by Crippen LogP contribution is 2.29. The van der Waals surface area contributed by atoms with Gasteiger partial charge < -0.3 is 4.98 Å². The van der Waals surface area contributed by atoms with Gasteiger partial charge in [0.25, 0.3) is 0 Å². The minimum absolute atomic E-state index is 0.455. The largest absolute Gasteiger partial charge is 0.361 e. The summed E-state index contributed by atoms with van der Waals surface area (Å²) < 4.78 is 32.4. The number of allylic oxidation sites excluding steroid dienone is 4. The molecule has 156 valence electrons. The molecule has 3 heteroatoms. The van der Waals surface area contributed by atoms with Crippen molar-refractivity contribution < 1.29 is 5.48 Å². The van der Waals surface area contributed by atoms with Crippen LogP contribution in [-0.2, 0) is 0 Å². The molecule has 32 heavy (non-hydrogen) atoms. The number of rotatable bonds is 4. The van der Waals surface area contributed by atoms with E-state index >= 15 is 0 Å². The van der Waals surface area contributed by atoms with Gasteiger partial charge in [0.1, 0.15) is 0 Å². The molecule has 0 bridgehead atoms. The molecule has 3 aromatic heterocycles. The lowest BCUT2D eigenvalue weighted by atomic mass is 10.0. The summed E-state index contributed by atoms with van der Waals surface area (Å²) in [5.41, 5.74) is 5.33. The molecule has 0 fully saturated rings. The number of thiophene rings is 2. The molecular weight excluding hydrogens is 426 g/mol. The van der Waals surface area contributed by atoms with Gasteiger partial charge in [0.05, 0.1) is 5.48 Å². The fourth-order valence-corrected chi connectivity index (χ4v) is 4.81. The van der Waals surface area contributed by atoms with Gasteiger partial charge in [0, 0.05) is 21.6 Å². The van der Waals surface area contributed by atoms with Gasteiger partial charge >= 0.3 is 0 Å². The van der Waals surface area contributed by atoms with Crippen molar-refractivity contribution >= 4 is 28.2 Å². The van der Waals surface area contributed by atoms with Crippen LogP contribution >= 0.6 is 22.7 Å². The van der Waals surface area contributed by atoms with E-state index in [2.05, 4.69) is 11.1 Å². The Bertz CT molecular complexity index is 1470. The molecule has 1 nitrogen and oxygen atoms in total. The Kier molecular flexibility index (Phi) is 4.99. The van der Waals surface area contributed by atoms with Crippen molar-refractivity contribution in [2.45, 2.75) is 6.42 Å².